The second-order valence-corrected chi connectivity index (χ2v) is 4.95. The predicted molar refractivity (Wildman–Crippen MR) is 67.8 cm³/mol. The maximum atomic E-state index is 11.8. The standard InChI is InChI=1S/C14H24O3/c1-5-9-14(17-13(15)11(2)3)10-7-6-8-12(14)16-4/h12H,2,5-10H2,1,3-4H3. The molecule has 2 atom stereocenters. The molecular weight excluding hydrogens is 216 g/mol. The van der Waals surface area contributed by atoms with Crippen LogP contribution in [0.5, 0.6) is 0 Å². The van der Waals surface area contributed by atoms with E-state index in [0.29, 0.717) is 5.57 Å². The molecule has 1 rings (SSSR count). The maximum Gasteiger partial charge on any atom is 0.333 e. The Labute approximate surface area is 104 Å². The Hall–Kier alpha value is -0.830. The second-order valence-electron chi connectivity index (χ2n) is 4.95. The lowest BCUT2D eigenvalue weighted by molar-refractivity contribution is -0.181. The Kier molecular flexibility index (Phi) is 5.19. The minimum Gasteiger partial charge on any atom is -0.453 e. The molecule has 17 heavy (non-hydrogen) atoms. The number of esters is 1. The molecule has 0 radical (unpaired) electrons. The SMILES string of the molecule is C=C(C)C(=O)OC1(CCC)CCCCC1OC. The molecule has 3 heteroatoms. The van der Waals surface area contributed by atoms with Crippen LogP contribution in [-0.2, 0) is 14.3 Å². The van der Waals surface area contributed by atoms with Crippen molar-refractivity contribution in [1.29, 1.82) is 0 Å². The third-order valence-electron chi connectivity index (χ3n) is 3.51. The van der Waals surface area contributed by atoms with Gasteiger partial charge in [-0.25, -0.2) is 4.79 Å². The molecule has 0 aromatic rings. The van der Waals surface area contributed by atoms with Gasteiger partial charge < -0.3 is 9.47 Å². The van der Waals surface area contributed by atoms with E-state index < -0.39 is 5.60 Å². The van der Waals surface area contributed by atoms with Crippen LogP contribution in [0.25, 0.3) is 0 Å². The summed E-state index contributed by atoms with van der Waals surface area (Å²) in [4.78, 5) is 11.8. The monoisotopic (exact) mass is 240 g/mol. The molecule has 0 spiro atoms. The van der Waals surface area contributed by atoms with E-state index in [4.69, 9.17) is 9.47 Å². The Morgan fingerprint density at radius 3 is 2.71 bits per heavy atom. The van der Waals surface area contributed by atoms with Crippen molar-refractivity contribution in [3.8, 4) is 0 Å². The van der Waals surface area contributed by atoms with Crippen LogP contribution in [0.2, 0.25) is 0 Å². The van der Waals surface area contributed by atoms with Crippen molar-refractivity contribution in [2.24, 2.45) is 0 Å². The van der Waals surface area contributed by atoms with E-state index >= 15 is 0 Å². The number of carbonyl (C=O) groups excluding carboxylic acids is 1. The van der Waals surface area contributed by atoms with Crippen LogP contribution in [0, 0.1) is 0 Å². The lowest BCUT2D eigenvalue weighted by Crippen LogP contribution is -2.49. The first-order valence-corrected chi connectivity index (χ1v) is 6.47. The first-order chi connectivity index (χ1) is 8.05. The molecule has 3 nitrogen and oxygen atoms in total. The van der Waals surface area contributed by atoms with Crippen LogP contribution >= 0.6 is 0 Å². The Morgan fingerprint density at radius 2 is 2.18 bits per heavy atom. The van der Waals surface area contributed by atoms with E-state index in [1.807, 2.05) is 0 Å². The zero-order valence-electron chi connectivity index (χ0n) is 11.3. The topological polar surface area (TPSA) is 35.5 Å². The molecule has 0 saturated heterocycles. The number of hydrogen-bond acceptors (Lipinski definition) is 3. The van der Waals surface area contributed by atoms with Crippen LogP contribution in [0.4, 0.5) is 0 Å². The largest absolute Gasteiger partial charge is 0.453 e. The van der Waals surface area contributed by atoms with Gasteiger partial charge >= 0.3 is 5.97 Å². The number of carbonyl (C=O) groups is 1. The van der Waals surface area contributed by atoms with Gasteiger partial charge in [-0.3, -0.25) is 0 Å². The van der Waals surface area contributed by atoms with Gasteiger partial charge in [0.25, 0.3) is 0 Å². The quantitative estimate of drug-likeness (QED) is 0.546. The molecule has 1 aliphatic carbocycles. The van der Waals surface area contributed by atoms with E-state index in [2.05, 4.69) is 13.5 Å². The van der Waals surface area contributed by atoms with Crippen molar-refractivity contribution in [3.63, 3.8) is 0 Å². The van der Waals surface area contributed by atoms with Gasteiger partial charge in [0.15, 0.2) is 0 Å². The van der Waals surface area contributed by atoms with Crippen LogP contribution in [-0.4, -0.2) is 24.8 Å². The third-order valence-corrected chi connectivity index (χ3v) is 3.51. The summed E-state index contributed by atoms with van der Waals surface area (Å²) >= 11 is 0. The van der Waals surface area contributed by atoms with Crippen LogP contribution in [0.3, 0.4) is 0 Å². The summed E-state index contributed by atoms with van der Waals surface area (Å²) in [6.07, 6.45) is 6.00. The van der Waals surface area contributed by atoms with E-state index in [1.54, 1.807) is 14.0 Å². The van der Waals surface area contributed by atoms with Gasteiger partial charge in [0.05, 0.1) is 6.10 Å². The molecule has 2 unspecified atom stereocenters. The van der Waals surface area contributed by atoms with E-state index in [1.165, 1.54) is 0 Å². The summed E-state index contributed by atoms with van der Waals surface area (Å²) in [6, 6.07) is 0. The fourth-order valence-electron chi connectivity index (χ4n) is 2.66. The normalized spacial score (nSPS) is 28.8. The zero-order chi connectivity index (χ0) is 12.9. The van der Waals surface area contributed by atoms with Gasteiger partial charge in [0, 0.05) is 12.7 Å². The van der Waals surface area contributed by atoms with Gasteiger partial charge in [-0.05, 0) is 32.6 Å². The highest BCUT2D eigenvalue weighted by Crippen LogP contribution is 2.37. The highest BCUT2D eigenvalue weighted by atomic mass is 16.6. The molecule has 0 aromatic carbocycles. The van der Waals surface area contributed by atoms with Crippen molar-refractivity contribution in [3.05, 3.63) is 12.2 Å². The van der Waals surface area contributed by atoms with Crippen molar-refractivity contribution in [1.82, 2.24) is 0 Å². The van der Waals surface area contributed by atoms with Gasteiger partial charge in [0.2, 0.25) is 0 Å². The number of rotatable bonds is 5. The fraction of sp³-hybridized carbons (Fsp3) is 0.786. The van der Waals surface area contributed by atoms with Crippen molar-refractivity contribution in [2.75, 3.05) is 7.11 Å². The van der Waals surface area contributed by atoms with Gasteiger partial charge in [-0.1, -0.05) is 26.3 Å². The molecule has 0 bridgehead atoms. The average Bonchev–Trinajstić information content (AvgIpc) is 2.29. The van der Waals surface area contributed by atoms with Crippen LogP contribution in [0.15, 0.2) is 12.2 Å². The van der Waals surface area contributed by atoms with Crippen LogP contribution in [0.1, 0.15) is 52.4 Å². The summed E-state index contributed by atoms with van der Waals surface area (Å²) in [5.74, 6) is -0.289. The molecule has 98 valence electrons. The summed E-state index contributed by atoms with van der Waals surface area (Å²) in [5, 5.41) is 0. The molecule has 0 heterocycles. The van der Waals surface area contributed by atoms with Crippen LogP contribution < -0.4 is 0 Å². The summed E-state index contributed by atoms with van der Waals surface area (Å²) in [7, 11) is 1.70. The van der Waals surface area contributed by atoms with E-state index in [0.717, 1.165) is 38.5 Å². The molecule has 1 fully saturated rings. The van der Waals surface area contributed by atoms with E-state index in [-0.39, 0.29) is 12.1 Å². The predicted octanol–water partition coefficient (Wildman–Crippen LogP) is 3.23. The molecule has 0 aliphatic heterocycles. The highest BCUT2D eigenvalue weighted by Gasteiger charge is 2.43. The van der Waals surface area contributed by atoms with Gasteiger partial charge in [-0.2, -0.15) is 0 Å². The number of hydrogen-bond donors (Lipinski definition) is 0. The van der Waals surface area contributed by atoms with Gasteiger partial charge in [0.1, 0.15) is 5.60 Å². The molecule has 0 aromatic heterocycles. The molecular formula is C14H24O3. The zero-order valence-corrected chi connectivity index (χ0v) is 11.3. The van der Waals surface area contributed by atoms with E-state index in [9.17, 15) is 4.79 Å². The summed E-state index contributed by atoms with van der Waals surface area (Å²) in [5.41, 5.74) is 0.0264. The first kappa shape index (κ1) is 14.2. The van der Waals surface area contributed by atoms with Gasteiger partial charge in [-0.15, -0.1) is 0 Å². The number of ether oxygens (including phenoxy) is 2. The molecule has 0 N–H and O–H groups in total. The maximum absolute atomic E-state index is 11.8. The molecule has 1 aliphatic rings. The minimum absolute atomic E-state index is 0.0273. The third kappa shape index (κ3) is 3.32. The van der Waals surface area contributed by atoms with Crippen molar-refractivity contribution < 1.29 is 14.3 Å². The Balaban J connectivity index is 2.85. The smallest absolute Gasteiger partial charge is 0.333 e. The average molecular weight is 240 g/mol. The Bertz CT molecular complexity index is 281. The highest BCUT2D eigenvalue weighted by molar-refractivity contribution is 5.87. The lowest BCUT2D eigenvalue weighted by atomic mass is 9.79. The summed E-state index contributed by atoms with van der Waals surface area (Å²) in [6.45, 7) is 7.44. The first-order valence-electron chi connectivity index (χ1n) is 6.47. The molecule has 1 saturated carbocycles. The Morgan fingerprint density at radius 1 is 1.47 bits per heavy atom. The fourth-order valence-corrected chi connectivity index (χ4v) is 2.66. The second kappa shape index (κ2) is 6.20. The summed E-state index contributed by atoms with van der Waals surface area (Å²) < 4.78 is 11.3. The van der Waals surface area contributed by atoms with Crippen molar-refractivity contribution in [2.45, 2.75) is 64.1 Å². The number of methoxy groups -OCH3 is 1. The lowest BCUT2D eigenvalue weighted by Gasteiger charge is -2.42. The minimum atomic E-state index is -0.433. The van der Waals surface area contributed by atoms with Crippen molar-refractivity contribution >= 4 is 5.97 Å². The molecule has 0 amide bonds.